The molecule has 1 N–H and O–H groups in total. The summed E-state index contributed by atoms with van der Waals surface area (Å²) in [5, 5.41) is 3.50. The Balaban J connectivity index is 2.16. The van der Waals surface area contributed by atoms with Crippen LogP contribution in [0.25, 0.3) is 0 Å². The number of carbonyl (C=O) groups is 2. The fraction of sp³-hybridized carbons (Fsp3) is 0.300. The van der Waals surface area contributed by atoms with Gasteiger partial charge in [-0.3, -0.25) is 9.59 Å². The average Bonchev–Trinajstić information content (AvgIpc) is 2.65. The third-order valence-electron chi connectivity index (χ3n) is 4.15. The molecule has 0 saturated carbocycles. The number of nitrogens with zero attached hydrogens (tertiary/aromatic N) is 1. The number of rotatable bonds is 7. The van der Waals surface area contributed by atoms with E-state index in [4.69, 9.17) is 27.9 Å². The zero-order valence-electron chi connectivity index (χ0n) is 15.5. The fourth-order valence-electron chi connectivity index (χ4n) is 2.49. The van der Waals surface area contributed by atoms with Crippen LogP contribution in [0.3, 0.4) is 0 Å². The largest absolute Gasteiger partial charge is 0.484 e. The van der Waals surface area contributed by atoms with Gasteiger partial charge < -0.3 is 15.0 Å². The lowest BCUT2D eigenvalue weighted by molar-refractivity contribution is -0.142. The minimum atomic E-state index is -0.684. The number of aryl methyl sites for hydroxylation is 1. The Morgan fingerprint density at radius 1 is 1.15 bits per heavy atom. The van der Waals surface area contributed by atoms with E-state index < -0.39 is 6.04 Å². The van der Waals surface area contributed by atoms with Gasteiger partial charge >= 0.3 is 0 Å². The van der Waals surface area contributed by atoms with Crippen LogP contribution >= 0.6 is 23.2 Å². The topological polar surface area (TPSA) is 58.6 Å². The van der Waals surface area contributed by atoms with Gasteiger partial charge in [-0.15, -0.1) is 0 Å². The van der Waals surface area contributed by atoms with Crippen molar-refractivity contribution in [3.05, 3.63) is 63.6 Å². The number of hydrogen-bond acceptors (Lipinski definition) is 3. The zero-order chi connectivity index (χ0) is 20.0. The fourth-order valence-corrected chi connectivity index (χ4v) is 2.96. The zero-order valence-corrected chi connectivity index (χ0v) is 17.0. The van der Waals surface area contributed by atoms with E-state index in [9.17, 15) is 9.59 Å². The van der Waals surface area contributed by atoms with Gasteiger partial charge in [0.05, 0.1) is 0 Å². The van der Waals surface area contributed by atoms with Gasteiger partial charge in [-0.1, -0.05) is 47.0 Å². The summed E-state index contributed by atoms with van der Waals surface area (Å²) in [6.07, 6.45) is 0. The molecule has 0 saturated heterocycles. The van der Waals surface area contributed by atoms with E-state index in [0.717, 1.165) is 5.56 Å². The number of nitrogens with one attached hydrogen (secondary N) is 1. The van der Waals surface area contributed by atoms with Crippen molar-refractivity contribution in [2.75, 3.05) is 13.7 Å². The molecule has 0 bridgehead atoms. The van der Waals surface area contributed by atoms with Gasteiger partial charge in [0.2, 0.25) is 5.91 Å². The molecule has 2 aromatic carbocycles. The molecule has 0 fully saturated rings. The maximum absolute atomic E-state index is 12.8. The van der Waals surface area contributed by atoms with Crippen molar-refractivity contribution in [1.29, 1.82) is 0 Å². The first-order chi connectivity index (χ1) is 12.8. The first-order valence-electron chi connectivity index (χ1n) is 8.46. The molecule has 7 heteroatoms. The Bertz CT molecular complexity index is 809. The van der Waals surface area contributed by atoms with Gasteiger partial charge in [0, 0.05) is 23.6 Å². The lowest BCUT2D eigenvalue weighted by atomic mass is 10.1. The van der Waals surface area contributed by atoms with Gasteiger partial charge in [0.15, 0.2) is 6.61 Å². The molecule has 144 valence electrons. The second kappa shape index (κ2) is 9.62. The van der Waals surface area contributed by atoms with Gasteiger partial charge in [0.1, 0.15) is 11.8 Å². The number of ether oxygens (including phenoxy) is 1. The van der Waals surface area contributed by atoms with Crippen molar-refractivity contribution < 1.29 is 14.3 Å². The minimum Gasteiger partial charge on any atom is -0.484 e. The van der Waals surface area contributed by atoms with E-state index in [-0.39, 0.29) is 25.0 Å². The van der Waals surface area contributed by atoms with Crippen molar-refractivity contribution in [2.24, 2.45) is 0 Å². The molecular weight excluding hydrogens is 387 g/mol. The summed E-state index contributed by atoms with van der Waals surface area (Å²) in [6.45, 7) is 3.61. The second-order valence-corrected chi connectivity index (χ2v) is 6.99. The molecule has 0 aliphatic heterocycles. The highest BCUT2D eigenvalue weighted by Gasteiger charge is 2.26. The number of benzene rings is 2. The Morgan fingerprint density at radius 2 is 1.81 bits per heavy atom. The molecule has 0 aliphatic rings. The summed E-state index contributed by atoms with van der Waals surface area (Å²) in [7, 11) is 1.53. The van der Waals surface area contributed by atoms with Crippen LogP contribution in [0, 0.1) is 6.92 Å². The Kier molecular flexibility index (Phi) is 7.51. The summed E-state index contributed by atoms with van der Waals surface area (Å²) < 4.78 is 5.58. The standard InChI is InChI=1S/C20H22Cl2N2O3/c1-13-4-8-17(9-5-13)27-12-19(25)24(14(2)20(26)23-3)11-15-6-7-16(21)10-18(15)22/h4-10,14H,11-12H2,1-3H3,(H,23,26)/t14-/m1/s1. The third-order valence-corrected chi connectivity index (χ3v) is 4.74. The van der Waals surface area contributed by atoms with E-state index in [1.807, 2.05) is 19.1 Å². The molecule has 0 radical (unpaired) electrons. The van der Waals surface area contributed by atoms with Crippen molar-refractivity contribution in [2.45, 2.75) is 26.4 Å². The molecule has 0 aliphatic carbocycles. The molecule has 27 heavy (non-hydrogen) atoms. The number of halogens is 2. The molecule has 2 aromatic rings. The van der Waals surface area contributed by atoms with Crippen LogP contribution in [0.5, 0.6) is 5.75 Å². The first-order valence-corrected chi connectivity index (χ1v) is 9.22. The van der Waals surface area contributed by atoms with Crippen LogP contribution < -0.4 is 10.1 Å². The molecule has 2 rings (SSSR count). The van der Waals surface area contributed by atoms with Crippen LogP contribution in [0.1, 0.15) is 18.1 Å². The van der Waals surface area contributed by atoms with Gasteiger partial charge in [0.25, 0.3) is 5.91 Å². The monoisotopic (exact) mass is 408 g/mol. The van der Waals surface area contributed by atoms with Crippen LogP contribution in [-0.4, -0.2) is 36.4 Å². The maximum Gasteiger partial charge on any atom is 0.261 e. The van der Waals surface area contributed by atoms with Crippen molar-refractivity contribution in [1.82, 2.24) is 10.2 Å². The highest BCUT2D eigenvalue weighted by Crippen LogP contribution is 2.23. The number of amides is 2. The Hall–Kier alpha value is -2.24. The smallest absolute Gasteiger partial charge is 0.261 e. The molecule has 0 heterocycles. The van der Waals surface area contributed by atoms with Crippen LogP contribution in [0.2, 0.25) is 10.0 Å². The lowest BCUT2D eigenvalue weighted by Crippen LogP contribution is -2.48. The molecule has 1 atom stereocenters. The molecule has 0 aromatic heterocycles. The van der Waals surface area contributed by atoms with Crippen LogP contribution in [-0.2, 0) is 16.1 Å². The summed E-state index contributed by atoms with van der Waals surface area (Å²) in [5.74, 6) is -0.00696. The predicted octanol–water partition coefficient (Wildman–Crippen LogP) is 3.84. The highest BCUT2D eigenvalue weighted by molar-refractivity contribution is 6.35. The molecule has 5 nitrogen and oxygen atoms in total. The third kappa shape index (κ3) is 5.88. The van der Waals surface area contributed by atoms with E-state index in [0.29, 0.717) is 21.4 Å². The van der Waals surface area contributed by atoms with E-state index in [2.05, 4.69) is 5.32 Å². The van der Waals surface area contributed by atoms with E-state index >= 15 is 0 Å². The van der Waals surface area contributed by atoms with Crippen molar-refractivity contribution in [3.8, 4) is 5.75 Å². The minimum absolute atomic E-state index is 0.167. The number of hydrogen-bond donors (Lipinski definition) is 1. The lowest BCUT2D eigenvalue weighted by Gasteiger charge is -2.28. The number of likely N-dealkylation sites (N-methyl/N-ethyl adjacent to an activating group) is 1. The Labute approximate surface area is 169 Å². The first kappa shape index (κ1) is 21.1. The van der Waals surface area contributed by atoms with Gasteiger partial charge in [-0.2, -0.15) is 0 Å². The summed E-state index contributed by atoms with van der Waals surface area (Å²) >= 11 is 12.2. The van der Waals surface area contributed by atoms with Crippen LogP contribution in [0.15, 0.2) is 42.5 Å². The highest BCUT2D eigenvalue weighted by atomic mass is 35.5. The molecule has 0 spiro atoms. The van der Waals surface area contributed by atoms with Crippen molar-refractivity contribution in [3.63, 3.8) is 0 Å². The quantitative estimate of drug-likeness (QED) is 0.756. The molecule has 2 amide bonds. The normalized spacial score (nSPS) is 11.6. The van der Waals surface area contributed by atoms with Gasteiger partial charge in [-0.05, 0) is 43.7 Å². The van der Waals surface area contributed by atoms with Crippen molar-refractivity contribution >= 4 is 35.0 Å². The molecular formula is C20H22Cl2N2O3. The predicted molar refractivity (Wildman–Crippen MR) is 107 cm³/mol. The molecule has 0 unspecified atom stereocenters. The Morgan fingerprint density at radius 3 is 2.41 bits per heavy atom. The number of carbonyl (C=O) groups excluding carboxylic acids is 2. The maximum atomic E-state index is 12.8. The van der Waals surface area contributed by atoms with E-state index in [1.54, 1.807) is 37.3 Å². The summed E-state index contributed by atoms with van der Waals surface area (Å²) in [5.41, 5.74) is 1.79. The second-order valence-electron chi connectivity index (χ2n) is 6.15. The van der Waals surface area contributed by atoms with Gasteiger partial charge in [-0.25, -0.2) is 0 Å². The average molecular weight is 409 g/mol. The van der Waals surface area contributed by atoms with E-state index in [1.165, 1.54) is 11.9 Å². The summed E-state index contributed by atoms with van der Waals surface area (Å²) in [4.78, 5) is 26.3. The van der Waals surface area contributed by atoms with Crippen LogP contribution in [0.4, 0.5) is 0 Å². The summed E-state index contributed by atoms with van der Waals surface area (Å²) in [6, 6.07) is 11.7. The SMILES string of the molecule is CNC(=O)[C@@H](C)N(Cc1ccc(Cl)cc1Cl)C(=O)COc1ccc(C)cc1.